The first-order valence-corrected chi connectivity index (χ1v) is 2.87. The zero-order valence-corrected chi connectivity index (χ0v) is 5.67. The van der Waals surface area contributed by atoms with E-state index in [0.29, 0.717) is 6.07 Å². The normalized spacial score (nSPS) is 9.58. The largest absolute Gasteiger partial charge is 0.204 e. The zero-order chi connectivity index (χ0) is 9.30. The number of rotatable bonds is 0. The van der Waals surface area contributed by atoms with Crippen molar-refractivity contribution < 1.29 is 17.6 Å². The van der Waals surface area contributed by atoms with Crippen LogP contribution in [0.4, 0.5) is 17.6 Å². The molecule has 0 saturated carbocycles. The van der Waals surface area contributed by atoms with Gasteiger partial charge in [0.15, 0.2) is 23.3 Å². The summed E-state index contributed by atoms with van der Waals surface area (Å²) in [7, 11) is 0. The van der Waals surface area contributed by atoms with Gasteiger partial charge in [-0.25, -0.2) is 17.6 Å². The standard InChI is InChI=1S/C8H2F4/c1-2-4-3-5(9)7(11)8(12)6(4)10/h1,3H. The minimum absolute atomic E-state index is 0.424. The Labute approximate surface area is 65.8 Å². The van der Waals surface area contributed by atoms with Crippen molar-refractivity contribution in [2.75, 3.05) is 0 Å². The van der Waals surface area contributed by atoms with Crippen LogP contribution in [0, 0.1) is 35.6 Å². The lowest BCUT2D eigenvalue weighted by molar-refractivity contribution is 0.408. The van der Waals surface area contributed by atoms with Gasteiger partial charge < -0.3 is 0 Å². The van der Waals surface area contributed by atoms with Crippen LogP contribution in [0.5, 0.6) is 0 Å². The van der Waals surface area contributed by atoms with E-state index in [0.717, 1.165) is 0 Å². The summed E-state index contributed by atoms with van der Waals surface area (Å²) in [4.78, 5) is 0. The van der Waals surface area contributed by atoms with Crippen LogP contribution in [0.1, 0.15) is 5.56 Å². The first kappa shape index (κ1) is 8.60. The van der Waals surface area contributed by atoms with E-state index in [1.54, 1.807) is 5.92 Å². The molecule has 0 aliphatic heterocycles. The summed E-state index contributed by atoms with van der Waals surface area (Å²) in [5.41, 5.74) is -0.633. The van der Waals surface area contributed by atoms with E-state index in [-0.39, 0.29) is 0 Å². The SMILES string of the molecule is C#Cc1cc(F)c(F)c(F)c1F. The lowest BCUT2D eigenvalue weighted by Gasteiger charge is -1.98. The van der Waals surface area contributed by atoms with Gasteiger partial charge in [0.1, 0.15) is 0 Å². The highest BCUT2D eigenvalue weighted by atomic mass is 19.2. The maximum Gasteiger partial charge on any atom is 0.198 e. The van der Waals surface area contributed by atoms with E-state index in [4.69, 9.17) is 6.42 Å². The van der Waals surface area contributed by atoms with Gasteiger partial charge in [-0.3, -0.25) is 0 Å². The van der Waals surface area contributed by atoms with Crippen molar-refractivity contribution in [1.29, 1.82) is 0 Å². The highest BCUT2D eigenvalue weighted by Gasteiger charge is 2.17. The first-order chi connectivity index (χ1) is 5.57. The van der Waals surface area contributed by atoms with Crippen LogP contribution in [0.25, 0.3) is 0 Å². The van der Waals surface area contributed by atoms with Crippen molar-refractivity contribution in [2.24, 2.45) is 0 Å². The van der Waals surface area contributed by atoms with E-state index in [1.165, 1.54) is 0 Å². The molecule has 0 N–H and O–H groups in total. The molecule has 0 unspecified atom stereocenters. The Kier molecular flexibility index (Phi) is 2.05. The van der Waals surface area contributed by atoms with Gasteiger partial charge in [0.25, 0.3) is 0 Å². The lowest BCUT2D eigenvalue weighted by atomic mass is 10.2. The zero-order valence-electron chi connectivity index (χ0n) is 5.67. The Hall–Kier alpha value is -1.50. The maximum atomic E-state index is 12.5. The second kappa shape index (κ2) is 2.86. The second-order valence-electron chi connectivity index (χ2n) is 1.99. The fraction of sp³-hybridized carbons (Fsp3) is 0. The minimum atomic E-state index is -1.89. The summed E-state index contributed by atoms with van der Waals surface area (Å²) in [5.74, 6) is -5.10. The van der Waals surface area contributed by atoms with Crippen molar-refractivity contribution in [3.8, 4) is 12.3 Å². The van der Waals surface area contributed by atoms with E-state index < -0.39 is 28.8 Å². The number of benzene rings is 1. The number of hydrogen-bond acceptors (Lipinski definition) is 0. The van der Waals surface area contributed by atoms with Crippen LogP contribution in [0.3, 0.4) is 0 Å². The molecule has 0 fully saturated rings. The molecule has 1 aromatic rings. The highest BCUT2D eigenvalue weighted by molar-refractivity contribution is 5.34. The van der Waals surface area contributed by atoms with Crippen molar-refractivity contribution >= 4 is 0 Å². The molecule has 1 aromatic carbocycles. The van der Waals surface area contributed by atoms with Gasteiger partial charge in [-0.15, -0.1) is 6.42 Å². The Balaban J connectivity index is 3.52. The first-order valence-electron chi connectivity index (χ1n) is 2.87. The molecule has 0 amide bonds. The third kappa shape index (κ3) is 1.14. The van der Waals surface area contributed by atoms with E-state index in [1.807, 2.05) is 0 Å². The third-order valence-electron chi connectivity index (χ3n) is 1.26. The van der Waals surface area contributed by atoms with Gasteiger partial charge in [-0.1, -0.05) is 5.92 Å². The van der Waals surface area contributed by atoms with Crippen molar-refractivity contribution in [2.45, 2.75) is 0 Å². The van der Waals surface area contributed by atoms with Crippen LogP contribution in [-0.2, 0) is 0 Å². The molecule has 0 bridgehead atoms. The Morgan fingerprint density at radius 1 is 1.00 bits per heavy atom. The quantitative estimate of drug-likeness (QED) is 0.245. The molecule has 62 valence electrons. The van der Waals surface area contributed by atoms with Gasteiger partial charge in [0.05, 0.1) is 5.56 Å². The van der Waals surface area contributed by atoms with Crippen molar-refractivity contribution in [1.82, 2.24) is 0 Å². The third-order valence-corrected chi connectivity index (χ3v) is 1.26. The average molecular weight is 174 g/mol. The summed E-state index contributed by atoms with van der Waals surface area (Å²) in [5, 5.41) is 0. The molecule has 1 rings (SSSR count). The van der Waals surface area contributed by atoms with E-state index >= 15 is 0 Å². The summed E-state index contributed by atoms with van der Waals surface area (Å²) >= 11 is 0. The molecule has 0 saturated heterocycles. The molecule has 0 radical (unpaired) electrons. The molecule has 0 aliphatic rings. The molecule has 0 atom stereocenters. The van der Waals surface area contributed by atoms with Crippen molar-refractivity contribution in [3.63, 3.8) is 0 Å². The average Bonchev–Trinajstić information content (AvgIpc) is 2.08. The Bertz CT molecular complexity index is 362. The van der Waals surface area contributed by atoms with Gasteiger partial charge in [-0.05, 0) is 6.07 Å². The van der Waals surface area contributed by atoms with Gasteiger partial charge >= 0.3 is 0 Å². The molecule has 12 heavy (non-hydrogen) atoms. The van der Waals surface area contributed by atoms with Crippen LogP contribution in [0.15, 0.2) is 6.07 Å². The number of hydrogen-bond donors (Lipinski definition) is 0. The lowest BCUT2D eigenvalue weighted by Crippen LogP contribution is -1.98. The molecule has 0 nitrogen and oxygen atoms in total. The van der Waals surface area contributed by atoms with Crippen LogP contribution in [0.2, 0.25) is 0 Å². The molecule has 4 heteroatoms. The van der Waals surface area contributed by atoms with Crippen molar-refractivity contribution in [3.05, 3.63) is 34.9 Å². The number of halogens is 4. The molecule has 0 spiro atoms. The number of terminal acetylenes is 1. The topological polar surface area (TPSA) is 0 Å². The molecular formula is C8H2F4. The Morgan fingerprint density at radius 2 is 1.58 bits per heavy atom. The minimum Gasteiger partial charge on any atom is -0.204 e. The summed E-state index contributed by atoms with van der Waals surface area (Å²) in [6, 6.07) is 0.424. The second-order valence-corrected chi connectivity index (χ2v) is 1.99. The fourth-order valence-electron chi connectivity index (χ4n) is 0.678. The monoisotopic (exact) mass is 174 g/mol. The van der Waals surface area contributed by atoms with E-state index in [9.17, 15) is 17.6 Å². The van der Waals surface area contributed by atoms with Crippen LogP contribution in [-0.4, -0.2) is 0 Å². The maximum absolute atomic E-state index is 12.5. The summed E-state index contributed by atoms with van der Waals surface area (Å²) < 4.78 is 49.5. The Morgan fingerprint density at radius 3 is 2.08 bits per heavy atom. The van der Waals surface area contributed by atoms with Gasteiger partial charge in [0.2, 0.25) is 0 Å². The predicted molar refractivity (Wildman–Crippen MR) is 34.2 cm³/mol. The van der Waals surface area contributed by atoms with Crippen LogP contribution < -0.4 is 0 Å². The smallest absolute Gasteiger partial charge is 0.198 e. The molecule has 0 aliphatic carbocycles. The van der Waals surface area contributed by atoms with Crippen LogP contribution >= 0.6 is 0 Å². The molecular weight excluding hydrogens is 172 g/mol. The van der Waals surface area contributed by atoms with Gasteiger partial charge in [-0.2, -0.15) is 0 Å². The van der Waals surface area contributed by atoms with E-state index in [2.05, 4.69) is 0 Å². The fourth-order valence-corrected chi connectivity index (χ4v) is 0.678. The van der Waals surface area contributed by atoms with Gasteiger partial charge in [0, 0.05) is 0 Å². The highest BCUT2D eigenvalue weighted by Crippen LogP contribution is 2.17. The predicted octanol–water partition coefficient (Wildman–Crippen LogP) is 2.22. The molecule has 0 aromatic heterocycles. The molecule has 0 heterocycles. The summed E-state index contributed by atoms with van der Waals surface area (Å²) in [6.45, 7) is 0. The summed E-state index contributed by atoms with van der Waals surface area (Å²) in [6.07, 6.45) is 4.69.